The van der Waals surface area contributed by atoms with Crippen LogP contribution in [0.25, 0.3) is 0 Å². The zero-order chi connectivity index (χ0) is 16.1. The highest BCUT2D eigenvalue weighted by atomic mass is 16.5. The van der Waals surface area contributed by atoms with Gasteiger partial charge in [0.25, 0.3) is 0 Å². The summed E-state index contributed by atoms with van der Waals surface area (Å²) in [5.74, 6) is 1.54. The van der Waals surface area contributed by atoms with Gasteiger partial charge in [-0.2, -0.15) is 0 Å². The van der Waals surface area contributed by atoms with Crippen LogP contribution in [0.1, 0.15) is 38.5 Å². The Morgan fingerprint density at radius 1 is 1.17 bits per heavy atom. The first kappa shape index (κ1) is 16.1. The van der Waals surface area contributed by atoms with Gasteiger partial charge in [-0.1, -0.05) is 19.3 Å². The van der Waals surface area contributed by atoms with Crippen LogP contribution in [0.2, 0.25) is 0 Å². The average molecular weight is 318 g/mol. The number of rotatable bonds is 4. The van der Waals surface area contributed by atoms with Crippen LogP contribution in [-0.2, 0) is 0 Å². The number of carbonyl (C=O) groups excluding carboxylic acids is 1. The summed E-state index contributed by atoms with van der Waals surface area (Å²) in [5, 5.41) is 12.3. The Morgan fingerprint density at radius 3 is 2.57 bits per heavy atom. The summed E-state index contributed by atoms with van der Waals surface area (Å²) >= 11 is 0. The maximum absolute atomic E-state index is 12.0. The number of aliphatic hydroxyl groups is 1. The molecule has 0 spiro atoms. The van der Waals surface area contributed by atoms with Crippen molar-refractivity contribution in [3.05, 3.63) is 24.3 Å². The van der Waals surface area contributed by atoms with Gasteiger partial charge in [0, 0.05) is 18.8 Å². The highest BCUT2D eigenvalue weighted by Gasteiger charge is 2.24. The molecule has 1 aliphatic carbocycles. The van der Waals surface area contributed by atoms with Crippen molar-refractivity contribution in [1.29, 1.82) is 0 Å². The maximum atomic E-state index is 12.0. The van der Waals surface area contributed by atoms with Gasteiger partial charge in [0.1, 0.15) is 5.75 Å². The Labute approximate surface area is 137 Å². The molecular formula is C18H26N2O3. The molecule has 1 heterocycles. The molecule has 1 atom stereocenters. The lowest BCUT2D eigenvalue weighted by Gasteiger charge is -2.21. The molecule has 2 N–H and O–H groups in total. The molecular weight excluding hydrogens is 292 g/mol. The van der Waals surface area contributed by atoms with E-state index in [1.54, 1.807) is 4.90 Å². The van der Waals surface area contributed by atoms with Crippen molar-refractivity contribution in [1.82, 2.24) is 4.90 Å². The molecule has 2 fully saturated rings. The second-order valence-electron chi connectivity index (χ2n) is 6.66. The van der Waals surface area contributed by atoms with Crippen molar-refractivity contribution in [2.75, 3.05) is 25.0 Å². The smallest absolute Gasteiger partial charge is 0.321 e. The van der Waals surface area contributed by atoms with Gasteiger partial charge in [-0.25, -0.2) is 4.79 Å². The minimum Gasteiger partial charge on any atom is -0.493 e. The molecule has 2 aliphatic rings. The SMILES string of the molecule is O=C(Nc1ccc(OCC2CCCCC2)cc1)N1CC[C@@H](O)C1. The number of nitrogens with one attached hydrogen (secondary N) is 1. The molecule has 5 nitrogen and oxygen atoms in total. The molecule has 1 saturated heterocycles. The zero-order valence-electron chi connectivity index (χ0n) is 13.5. The van der Waals surface area contributed by atoms with Crippen LogP contribution in [0.3, 0.4) is 0 Å². The quantitative estimate of drug-likeness (QED) is 0.896. The summed E-state index contributed by atoms with van der Waals surface area (Å²) < 4.78 is 5.86. The van der Waals surface area contributed by atoms with Gasteiger partial charge >= 0.3 is 6.03 Å². The van der Waals surface area contributed by atoms with Crippen LogP contribution in [0, 0.1) is 5.92 Å². The van der Waals surface area contributed by atoms with Crippen LogP contribution in [0.5, 0.6) is 5.75 Å². The largest absolute Gasteiger partial charge is 0.493 e. The summed E-state index contributed by atoms with van der Waals surface area (Å²) in [6.07, 6.45) is 6.82. The van der Waals surface area contributed by atoms with Crippen LogP contribution in [0.15, 0.2) is 24.3 Å². The molecule has 0 aromatic heterocycles. The van der Waals surface area contributed by atoms with E-state index in [1.165, 1.54) is 32.1 Å². The number of amides is 2. The van der Waals surface area contributed by atoms with Crippen LogP contribution in [0.4, 0.5) is 10.5 Å². The van der Waals surface area contributed by atoms with Crippen LogP contribution >= 0.6 is 0 Å². The Hall–Kier alpha value is -1.75. The van der Waals surface area contributed by atoms with Gasteiger partial charge in [-0.05, 0) is 49.4 Å². The molecule has 1 aromatic rings. The van der Waals surface area contributed by atoms with Gasteiger partial charge < -0.3 is 20.1 Å². The molecule has 1 aliphatic heterocycles. The fraction of sp³-hybridized carbons (Fsp3) is 0.611. The Kier molecular flexibility index (Phi) is 5.39. The minimum atomic E-state index is -0.392. The van der Waals surface area contributed by atoms with E-state index in [9.17, 15) is 9.90 Å². The van der Waals surface area contributed by atoms with Crippen LogP contribution < -0.4 is 10.1 Å². The number of ether oxygens (including phenoxy) is 1. The van der Waals surface area contributed by atoms with Crippen molar-refractivity contribution < 1.29 is 14.6 Å². The topological polar surface area (TPSA) is 61.8 Å². The zero-order valence-corrected chi connectivity index (χ0v) is 13.5. The van der Waals surface area contributed by atoms with Crippen LogP contribution in [-0.4, -0.2) is 41.8 Å². The first-order valence-electron chi connectivity index (χ1n) is 8.67. The van der Waals surface area contributed by atoms with Crippen molar-refractivity contribution in [3.63, 3.8) is 0 Å². The molecule has 3 rings (SSSR count). The third-order valence-corrected chi connectivity index (χ3v) is 4.77. The van der Waals surface area contributed by atoms with E-state index in [2.05, 4.69) is 5.32 Å². The molecule has 0 unspecified atom stereocenters. The second-order valence-corrected chi connectivity index (χ2v) is 6.66. The lowest BCUT2D eigenvalue weighted by atomic mass is 9.90. The van der Waals surface area contributed by atoms with E-state index in [-0.39, 0.29) is 6.03 Å². The molecule has 1 aromatic carbocycles. The van der Waals surface area contributed by atoms with E-state index < -0.39 is 6.10 Å². The summed E-state index contributed by atoms with van der Waals surface area (Å²) in [5.41, 5.74) is 0.751. The molecule has 1 saturated carbocycles. The normalized spacial score (nSPS) is 22.1. The monoisotopic (exact) mass is 318 g/mol. The molecule has 2 amide bonds. The van der Waals surface area contributed by atoms with Gasteiger partial charge in [0.05, 0.1) is 12.7 Å². The second kappa shape index (κ2) is 7.68. The number of β-amino-alcohol motifs (C(OH)–C–C–N with tert-alkyl or cyclic N) is 1. The molecule has 126 valence electrons. The number of urea groups is 1. The fourth-order valence-electron chi connectivity index (χ4n) is 3.33. The third kappa shape index (κ3) is 4.61. The first-order valence-corrected chi connectivity index (χ1v) is 8.67. The minimum absolute atomic E-state index is 0.155. The summed E-state index contributed by atoms with van der Waals surface area (Å²) in [6, 6.07) is 7.37. The number of hydrogen-bond donors (Lipinski definition) is 2. The van der Waals surface area contributed by atoms with Crippen molar-refractivity contribution in [2.45, 2.75) is 44.6 Å². The third-order valence-electron chi connectivity index (χ3n) is 4.77. The van der Waals surface area contributed by atoms with Gasteiger partial charge in [-0.15, -0.1) is 0 Å². The predicted octanol–water partition coefficient (Wildman–Crippen LogP) is 3.24. The van der Waals surface area contributed by atoms with Gasteiger partial charge in [-0.3, -0.25) is 0 Å². The average Bonchev–Trinajstić information content (AvgIpc) is 3.02. The number of nitrogens with zero attached hydrogens (tertiary/aromatic N) is 1. The fourth-order valence-corrected chi connectivity index (χ4v) is 3.33. The number of likely N-dealkylation sites (tertiary alicyclic amines) is 1. The van der Waals surface area contributed by atoms with Crippen molar-refractivity contribution in [2.24, 2.45) is 5.92 Å². The van der Waals surface area contributed by atoms with E-state index in [4.69, 9.17) is 4.74 Å². The predicted molar refractivity (Wildman–Crippen MR) is 89.7 cm³/mol. The molecule has 0 radical (unpaired) electrons. The highest BCUT2D eigenvalue weighted by molar-refractivity contribution is 5.89. The number of hydrogen-bond acceptors (Lipinski definition) is 3. The number of benzene rings is 1. The van der Waals surface area contributed by atoms with E-state index in [0.717, 1.165) is 18.0 Å². The number of carbonyl (C=O) groups is 1. The lowest BCUT2D eigenvalue weighted by molar-refractivity contribution is 0.176. The highest BCUT2D eigenvalue weighted by Crippen LogP contribution is 2.25. The summed E-state index contributed by atoms with van der Waals surface area (Å²) in [7, 11) is 0. The summed E-state index contributed by atoms with van der Waals surface area (Å²) in [4.78, 5) is 13.7. The number of anilines is 1. The Morgan fingerprint density at radius 2 is 1.91 bits per heavy atom. The number of aliphatic hydroxyl groups excluding tert-OH is 1. The molecule has 0 bridgehead atoms. The molecule has 5 heteroatoms. The van der Waals surface area contributed by atoms with Gasteiger partial charge in [0.15, 0.2) is 0 Å². The first-order chi connectivity index (χ1) is 11.2. The Balaban J connectivity index is 1.45. The maximum Gasteiger partial charge on any atom is 0.321 e. The van der Waals surface area contributed by atoms with E-state index in [0.29, 0.717) is 25.4 Å². The standard InChI is InChI=1S/C18H26N2O3/c21-16-10-11-20(12-16)18(22)19-15-6-8-17(9-7-15)23-13-14-4-2-1-3-5-14/h6-9,14,16,21H,1-5,10-13H2,(H,19,22)/t16-/m1/s1. The Bertz CT molecular complexity index is 512. The van der Waals surface area contributed by atoms with Crippen molar-refractivity contribution in [3.8, 4) is 5.75 Å². The lowest BCUT2D eigenvalue weighted by Crippen LogP contribution is -2.33. The van der Waals surface area contributed by atoms with E-state index >= 15 is 0 Å². The van der Waals surface area contributed by atoms with Gasteiger partial charge in [0.2, 0.25) is 0 Å². The van der Waals surface area contributed by atoms with E-state index in [1.807, 2.05) is 24.3 Å². The summed E-state index contributed by atoms with van der Waals surface area (Å²) in [6.45, 7) is 1.81. The molecule has 23 heavy (non-hydrogen) atoms. The van der Waals surface area contributed by atoms with Crippen molar-refractivity contribution >= 4 is 11.7 Å².